The van der Waals surface area contributed by atoms with Gasteiger partial charge in [0.25, 0.3) is 0 Å². The summed E-state index contributed by atoms with van der Waals surface area (Å²) in [6.45, 7) is 0.569. The molecule has 228 valence electrons. The van der Waals surface area contributed by atoms with Gasteiger partial charge < -0.3 is 69.7 Å². The Morgan fingerprint density at radius 3 is 2.17 bits per heavy atom. The van der Waals surface area contributed by atoms with E-state index in [1.165, 1.54) is 13.0 Å². The van der Waals surface area contributed by atoms with E-state index in [-0.39, 0.29) is 16.9 Å². The van der Waals surface area contributed by atoms with Crippen molar-refractivity contribution in [1.82, 2.24) is 0 Å². The van der Waals surface area contributed by atoms with Crippen LogP contribution in [-0.4, -0.2) is 113 Å². The number of phenols is 4. The maximum atomic E-state index is 13.2. The third-order valence-electron chi connectivity index (χ3n) is 7.51. The molecule has 10 atom stereocenters. The molecule has 2 aromatic carbocycles. The molecule has 0 aliphatic carbocycles. The van der Waals surface area contributed by atoms with Crippen LogP contribution in [0.5, 0.6) is 23.0 Å². The number of aromatic hydroxyl groups is 4. The molecule has 0 saturated carbocycles. The minimum atomic E-state index is -1.89. The Morgan fingerprint density at radius 2 is 1.50 bits per heavy atom. The monoisotopic (exact) mass is 594 g/mol. The van der Waals surface area contributed by atoms with E-state index < -0.39 is 107 Å². The second kappa shape index (κ2) is 11.3. The van der Waals surface area contributed by atoms with Crippen molar-refractivity contribution in [2.24, 2.45) is 0 Å². The summed E-state index contributed by atoms with van der Waals surface area (Å²) >= 11 is 0. The maximum Gasteiger partial charge on any atom is 0.197 e. The molecule has 0 amide bonds. The summed E-state index contributed by atoms with van der Waals surface area (Å²) in [4.78, 5) is 13.2. The summed E-state index contributed by atoms with van der Waals surface area (Å²) in [5, 5.41) is 103. The highest BCUT2D eigenvalue weighted by Gasteiger charge is 2.51. The van der Waals surface area contributed by atoms with E-state index in [2.05, 4.69) is 0 Å². The summed E-state index contributed by atoms with van der Waals surface area (Å²) in [6, 6.07) is 5.33. The SMILES string of the molecule is C[C@@H]1O[C@H](O[C@H]2[C@@H](O)[C@@H](O)[C@@H](CO)O[C@H]2c2c(O)cc(O)c3c(=O)cc(-c4ccc(O)c(O)c4)oc23)[C@H](O)[C@H](O)[C@H]1O. The third-order valence-corrected chi connectivity index (χ3v) is 7.51. The van der Waals surface area contributed by atoms with Gasteiger partial charge in [-0.3, -0.25) is 4.79 Å². The van der Waals surface area contributed by atoms with Crippen molar-refractivity contribution in [2.45, 2.75) is 68.1 Å². The number of benzene rings is 2. The lowest BCUT2D eigenvalue weighted by Crippen LogP contribution is -2.61. The van der Waals surface area contributed by atoms with Crippen LogP contribution < -0.4 is 5.43 Å². The highest BCUT2D eigenvalue weighted by Crippen LogP contribution is 2.45. The van der Waals surface area contributed by atoms with Gasteiger partial charge in [-0.2, -0.15) is 0 Å². The number of aliphatic hydroxyl groups excluding tert-OH is 6. The van der Waals surface area contributed by atoms with Gasteiger partial charge in [-0.1, -0.05) is 0 Å². The first-order valence-corrected chi connectivity index (χ1v) is 12.9. The summed E-state index contributed by atoms with van der Waals surface area (Å²) in [6.07, 6.45) is -16.3. The van der Waals surface area contributed by atoms with Crippen LogP contribution in [0.15, 0.2) is 39.5 Å². The number of rotatable bonds is 5. The van der Waals surface area contributed by atoms with Crippen LogP contribution in [0.2, 0.25) is 0 Å². The molecular formula is C27H30O15. The van der Waals surface area contributed by atoms with E-state index in [4.69, 9.17) is 18.6 Å². The molecule has 42 heavy (non-hydrogen) atoms. The highest BCUT2D eigenvalue weighted by molar-refractivity contribution is 5.89. The van der Waals surface area contributed by atoms with Crippen molar-refractivity contribution in [1.29, 1.82) is 0 Å². The van der Waals surface area contributed by atoms with Gasteiger partial charge in [0.1, 0.15) is 71.5 Å². The van der Waals surface area contributed by atoms with Crippen LogP contribution in [0.3, 0.4) is 0 Å². The van der Waals surface area contributed by atoms with Crippen molar-refractivity contribution in [3.8, 4) is 34.3 Å². The molecule has 0 bridgehead atoms. The van der Waals surface area contributed by atoms with Crippen LogP contribution in [0, 0.1) is 0 Å². The quantitative estimate of drug-likeness (QED) is 0.153. The summed E-state index contributed by atoms with van der Waals surface area (Å²) in [5.41, 5.74) is -1.53. The van der Waals surface area contributed by atoms with Gasteiger partial charge in [0.15, 0.2) is 28.8 Å². The van der Waals surface area contributed by atoms with Gasteiger partial charge in [-0.25, -0.2) is 0 Å². The largest absolute Gasteiger partial charge is 0.507 e. The number of hydrogen-bond acceptors (Lipinski definition) is 15. The number of phenolic OH excluding ortho intramolecular Hbond substituents is 4. The highest BCUT2D eigenvalue weighted by atomic mass is 16.7. The Labute approximate surface area is 236 Å². The van der Waals surface area contributed by atoms with Gasteiger partial charge >= 0.3 is 0 Å². The van der Waals surface area contributed by atoms with Crippen molar-refractivity contribution < 1.29 is 69.7 Å². The fourth-order valence-corrected chi connectivity index (χ4v) is 5.17. The smallest absolute Gasteiger partial charge is 0.197 e. The van der Waals surface area contributed by atoms with Crippen LogP contribution in [0.25, 0.3) is 22.3 Å². The first kappa shape index (κ1) is 30.0. The molecule has 0 radical (unpaired) electrons. The van der Waals surface area contributed by atoms with Crippen molar-refractivity contribution in [2.75, 3.05) is 6.61 Å². The Bertz CT molecular complexity index is 1520. The standard InChI is InChI=1S/C27H30O15/c1-8-19(34)21(36)23(38)27(39-8)42-26-22(37)20(35)16(7-28)41-25(26)18-13(32)5-12(31)17-14(33)6-15(40-24(17)18)9-2-3-10(29)11(30)4-9/h2-6,8,16,19-23,25-32,34-38H,7H2,1H3/t8-,16+,19-,20-,21+,22-,23+,25-,26-,27+/m0/s1. The van der Waals surface area contributed by atoms with E-state index in [1.54, 1.807) is 0 Å². The molecule has 3 heterocycles. The molecule has 10 N–H and O–H groups in total. The fraction of sp³-hybridized carbons (Fsp3) is 0.444. The summed E-state index contributed by atoms with van der Waals surface area (Å²) < 4.78 is 22.9. The first-order chi connectivity index (χ1) is 19.8. The van der Waals surface area contributed by atoms with Crippen molar-refractivity contribution >= 4 is 11.0 Å². The number of fused-ring (bicyclic) bond motifs is 1. The fourth-order valence-electron chi connectivity index (χ4n) is 5.17. The molecule has 0 spiro atoms. The average molecular weight is 595 g/mol. The second-order valence-electron chi connectivity index (χ2n) is 10.3. The van der Waals surface area contributed by atoms with Gasteiger partial charge in [0.05, 0.1) is 18.3 Å². The number of hydrogen-bond donors (Lipinski definition) is 10. The summed E-state index contributed by atoms with van der Waals surface area (Å²) in [7, 11) is 0. The average Bonchev–Trinajstić information content (AvgIpc) is 2.94. The predicted molar refractivity (Wildman–Crippen MR) is 139 cm³/mol. The Morgan fingerprint density at radius 1 is 0.786 bits per heavy atom. The first-order valence-electron chi connectivity index (χ1n) is 12.9. The molecule has 5 rings (SSSR count). The molecule has 1 aromatic heterocycles. The molecule has 2 fully saturated rings. The van der Waals surface area contributed by atoms with Crippen LogP contribution in [0.1, 0.15) is 18.6 Å². The minimum absolute atomic E-state index is 0.111. The van der Waals surface area contributed by atoms with Crippen molar-refractivity contribution in [3.05, 3.63) is 46.1 Å². The Hall–Kier alpha value is -3.51. The maximum absolute atomic E-state index is 13.2. The van der Waals surface area contributed by atoms with E-state index in [0.29, 0.717) is 0 Å². The Balaban J connectivity index is 1.68. The summed E-state index contributed by atoms with van der Waals surface area (Å²) in [5.74, 6) is -2.58. The lowest BCUT2D eigenvalue weighted by molar-refractivity contribution is -0.338. The van der Waals surface area contributed by atoms with Crippen LogP contribution in [-0.2, 0) is 14.2 Å². The molecule has 2 saturated heterocycles. The lowest BCUT2D eigenvalue weighted by atomic mass is 9.89. The second-order valence-corrected chi connectivity index (χ2v) is 10.3. The Kier molecular flexibility index (Phi) is 8.06. The zero-order valence-corrected chi connectivity index (χ0v) is 21.9. The van der Waals surface area contributed by atoms with Gasteiger partial charge in [0, 0.05) is 17.7 Å². The molecule has 2 aliphatic heterocycles. The van der Waals surface area contributed by atoms with E-state index in [1.807, 2.05) is 0 Å². The lowest BCUT2D eigenvalue weighted by Gasteiger charge is -2.46. The van der Waals surface area contributed by atoms with Crippen LogP contribution in [0.4, 0.5) is 0 Å². The molecule has 15 nitrogen and oxygen atoms in total. The zero-order valence-electron chi connectivity index (χ0n) is 21.9. The topological polar surface area (TPSA) is 260 Å². The molecule has 2 aliphatic rings. The van der Waals surface area contributed by atoms with Crippen LogP contribution >= 0.6 is 0 Å². The van der Waals surface area contributed by atoms with E-state index in [9.17, 15) is 55.9 Å². The normalized spacial score (nSPS) is 33.6. The molecule has 15 heteroatoms. The zero-order chi connectivity index (χ0) is 30.6. The number of ether oxygens (including phenoxy) is 3. The van der Waals surface area contributed by atoms with Gasteiger partial charge in [-0.15, -0.1) is 0 Å². The molecule has 3 aromatic rings. The predicted octanol–water partition coefficient (Wildman–Crippen LogP) is -1.35. The molecular weight excluding hydrogens is 564 g/mol. The van der Waals surface area contributed by atoms with E-state index >= 15 is 0 Å². The van der Waals surface area contributed by atoms with Crippen molar-refractivity contribution in [3.63, 3.8) is 0 Å². The molecule has 0 unspecified atom stereocenters. The van der Waals surface area contributed by atoms with E-state index in [0.717, 1.165) is 24.3 Å². The minimum Gasteiger partial charge on any atom is -0.507 e. The number of aliphatic hydroxyl groups is 6. The van der Waals surface area contributed by atoms with Gasteiger partial charge in [0.2, 0.25) is 0 Å². The third kappa shape index (κ3) is 5.04. The van der Waals surface area contributed by atoms with Gasteiger partial charge in [-0.05, 0) is 25.1 Å².